The van der Waals surface area contributed by atoms with Crippen molar-refractivity contribution in [2.24, 2.45) is 0 Å². The van der Waals surface area contributed by atoms with Crippen LogP contribution < -0.4 is 10.6 Å². The lowest BCUT2D eigenvalue weighted by molar-refractivity contribution is -0.136. The van der Waals surface area contributed by atoms with Crippen LogP contribution in [0.3, 0.4) is 0 Å². The fraction of sp³-hybridized carbons (Fsp3) is 0.267. The van der Waals surface area contributed by atoms with Gasteiger partial charge in [0.1, 0.15) is 11.5 Å². The van der Waals surface area contributed by atoms with Crippen molar-refractivity contribution in [2.45, 2.75) is 19.5 Å². The van der Waals surface area contributed by atoms with Gasteiger partial charge in [0, 0.05) is 6.54 Å². The number of nitrogens with zero attached hydrogens (tertiary/aromatic N) is 2. The van der Waals surface area contributed by atoms with E-state index in [2.05, 4.69) is 20.6 Å². The van der Waals surface area contributed by atoms with Crippen molar-refractivity contribution >= 4 is 17.4 Å². The molecule has 122 valence electrons. The number of anilines is 2. The number of rotatable bonds is 5. The molecule has 2 rings (SSSR count). The summed E-state index contributed by atoms with van der Waals surface area (Å²) >= 11 is 0. The molecule has 1 heterocycles. The zero-order valence-electron chi connectivity index (χ0n) is 12.3. The van der Waals surface area contributed by atoms with Crippen LogP contribution >= 0.6 is 0 Å². The van der Waals surface area contributed by atoms with Gasteiger partial charge in [-0.1, -0.05) is 19.1 Å². The molecule has 2 aromatic rings. The summed E-state index contributed by atoms with van der Waals surface area (Å²) in [5.41, 5.74) is -0.822. The fourth-order valence-corrected chi connectivity index (χ4v) is 1.82. The van der Waals surface area contributed by atoms with E-state index in [9.17, 15) is 18.0 Å². The number of halogens is 3. The lowest BCUT2D eigenvalue weighted by Crippen LogP contribution is -2.25. The van der Waals surface area contributed by atoms with E-state index >= 15 is 0 Å². The van der Waals surface area contributed by atoms with Gasteiger partial charge in [-0.05, 0) is 18.6 Å². The van der Waals surface area contributed by atoms with E-state index in [0.29, 0.717) is 6.54 Å². The number of carbonyl (C=O) groups excluding carboxylic acids is 1. The highest BCUT2D eigenvalue weighted by atomic mass is 19.4. The van der Waals surface area contributed by atoms with Gasteiger partial charge >= 0.3 is 6.18 Å². The summed E-state index contributed by atoms with van der Waals surface area (Å²) in [6, 6.07) is 5.06. The molecule has 0 aliphatic carbocycles. The standard InChI is InChI=1S/C15H15F3N4O/c1-2-7-19-14(23)12-8-21-13(9-20-12)22-11-6-4-3-5-10(11)15(16,17)18/h3-6,8-9H,2,7H2,1H3,(H,19,23)(H,21,22). The minimum Gasteiger partial charge on any atom is -0.351 e. The second-order valence-corrected chi connectivity index (χ2v) is 4.71. The number of hydrogen-bond acceptors (Lipinski definition) is 4. The molecule has 0 saturated carbocycles. The number of alkyl halides is 3. The van der Waals surface area contributed by atoms with E-state index < -0.39 is 11.7 Å². The van der Waals surface area contributed by atoms with Gasteiger partial charge in [-0.15, -0.1) is 0 Å². The van der Waals surface area contributed by atoms with Crippen molar-refractivity contribution < 1.29 is 18.0 Å². The minimum absolute atomic E-state index is 0.105. The third-order valence-corrected chi connectivity index (χ3v) is 2.92. The van der Waals surface area contributed by atoms with E-state index in [-0.39, 0.29) is 23.1 Å². The Morgan fingerprint density at radius 3 is 2.52 bits per heavy atom. The van der Waals surface area contributed by atoms with Gasteiger partial charge in [0.25, 0.3) is 5.91 Å². The molecule has 8 heteroatoms. The molecule has 0 bridgehead atoms. The highest BCUT2D eigenvalue weighted by molar-refractivity contribution is 5.92. The van der Waals surface area contributed by atoms with E-state index in [1.807, 2.05) is 6.92 Å². The summed E-state index contributed by atoms with van der Waals surface area (Å²) < 4.78 is 38.7. The summed E-state index contributed by atoms with van der Waals surface area (Å²) in [7, 11) is 0. The van der Waals surface area contributed by atoms with Gasteiger partial charge in [0.05, 0.1) is 23.6 Å². The number of aromatic nitrogens is 2. The van der Waals surface area contributed by atoms with Crippen LogP contribution in [0, 0.1) is 0 Å². The summed E-state index contributed by atoms with van der Waals surface area (Å²) in [5, 5.41) is 5.20. The Morgan fingerprint density at radius 2 is 1.91 bits per heavy atom. The van der Waals surface area contributed by atoms with Crippen LogP contribution in [-0.4, -0.2) is 22.4 Å². The first-order chi connectivity index (χ1) is 10.9. The van der Waals surface area contributed by atoms with Crippen molar-refractivity contribution in [3.63, 3.8) is 0 Å². The first kappa shape index (κ1) is 16.7. The van der Waals surface area contributed by atoms with Gasteiger partial charge in [-0.2, -0.15) is 13.2 Å². The van der Waals surface area contributed by atoms with E-state index in [1.54, 1.807) is 0 Å². The third kappa shape index (κ3) is 4.41. The number of carbonyl (C=O) groups is 1. The SMILES string of the molecule is CCCNC(=O)c1cnc(Nc2ccccc2C(F)(F)F)cn1. The summed E-state index contributed by atoms with van der Waals surface area (Å²) in [4.78, 5) is 19.5. The Kier molecular flexibility index (Phi) is 5.15. The zero-order chi connectivity index (χ0) is 16.9. The summed E-state index contributed by atoms with van der Waals surface area (Å²) in [5.74, 6) is -0.254. The van der Waals surface area contributed by atoms with Crippen molar-refractivity contribution in [2.75, 3.05) is 11.9 Å². The number of para-hydroxylation sites is 1. The molecule has 1 aromatic heterocycles. The topological polar surface area (TPSA) is 66.9 Å². The Hall–Kier alpha value is -2.64. The highest BCUT2D eigenvalue weighted by Crippen LogP contribution is 2.35. The predicted octanol–water partition coefficient (Wildman–Crippen LogP) is 3.38. The second kappa shape index (κ2) is 7.08. The van der Waals surface area contributed by atoms with E-state index in [4.69, 9.17) is 0 Å². The molecule has 5 nitrogen and oxygen atoms in total. The quantitative estimate of drug-likeness (QED) is 0.885. The highest BCUT2D eigenvalue weighted by Gasteiger charge is 2.33. The van der Waals surface area contributed by atoms with Crippen LogP contribution in [0.15, 0.2) is 36.7 Å². The minimum atomic E-state index is -4.48. The predicted molar refractivity (Wildman–Crippen MR) is 79.4 cm³/mol. The maximum Gasteiger partial charge on any atom is 0.418 e. The largest absolute Gasteiger partial charge is 0.418 e. The van der Waals surface area contributed by atoms with Crippen LogP contribution in [0.2, 0.25) is 0 Å². The van der Waals surface area contributed by atoms with Crippen LogP contribution in [0.1, 0.15) is 29.4 Å². The van der Waals surface area contributed by atoms with Gasteiger partial charge in [0.2, 0.25) is 0 Å². The molecule has 23 heavy (non-hydrogen) atoms. The Bertz CT molecular complexity index is 671. The van der Waals surface area contributed by atoms with Crippen molar-refractivity contribution in [3.8, 4) is 0 Å². The average Bonchev–Trinajstić information content (AvgIpc) is 2.53. The molecule has 0 unspecified atom stereocenters. The number of nitrogens with one attached hydrogen (secondary N) is 2. The molecule has 0 saturated heterocycles. The van der Waals surface area contributed by atoms with E-state index in [1.165, 1.54) is 30.6 Å². The smallest absolute Gasteiger partial charge is 0.351 e. The van der Waals surface area contributed by atoms with Gasteiger partial charge in [-0.25, -0.2) is 9.97 Å². The molecule has 0 spiro atoms. The third-order valence-electron chi connectivity index (χ3n) is 2.92. The molecular weight excluding hydrogens is 309 g/mol. The molecule has 1 aromatic carbocycles. The molecule has 0 fully saturated rings. The fourth-order valence-electron chi connectivity index (χ4n) is 1.82. The zero-order valence-corrected chi connectivity index (χ0v) is 12.3. The Balaban J connectivity index is 2.15. The van der Waals surface area contributed by atoms with Crippen LogP contribution in [0.5, 0.6) is 0 Å². The van der Waals surface area contributed by atoms with Crippen LogP contribution in [0.4, 0.5) is 24.7 Å². The molecule has 0 atom stereocenters. The Labute approximate surface area is 131 Å². The number of benzene rings is 1. The lowest BCUT2D eigenvalue weighted by atomic mass is 10.1. The molecular formula is C15H15F3N4O. The Morgan fingerprint density at radius 1 is 1.17 bits per heavy atom. The number of amides is 1. The van der Waals surface area contributed by atoms with Crippen molar-refractivity contribution in [1.29, 1.82) is 0 Å². The van der Waals surface area contributed by atoms with Crippen LogP contribution in [0.25, 0.3) is 0 Å². The van der Waals surface area contributed by atoms with Crippen LogP contribution in [-0.2, 0) is 6.18 Å². The molecule has 0 aliphatic rings. The molecule has 0 aliphatic heterocycles. The average molecular weight is 324 g/mol. The summed E-state index contributed by atoms with van der Waals surface area (Å²) in [6.45, 7) is 2.43. The molecule has 1 amide bonds. The second-order valence-electron chi connectivity index (χ2n) is 4.71. The monoisotopic (exact) mass is 324 g/mol. The number of hydrogen-bond donors (Lipinski definition) is 2. The van der Waals surface area contributed by atoms with Gasteiger partial charge in [-0.3, -0.25) is 4.79 Å². The van der Waals surface area contributed by atoms with Crippen molar-refractivity contribution in [3.05, 3.63) is 47.9 Å². The first-order valence-electron chi connectivity index (χ1n) is 6.95. The summed E-state index contributed by atoms with van der Waals surface area (Å²) in [6.07, 6.45) is -1.26. The molecule has 2 N–H and O–H groups in total. The normalized spacial score (nSPS) is 11.1. The van der Waals surface area contributed by atoms with Crippen molar-refractivity contribution in [1.82, 2.24) is 15.3 Å². The maximum absolute atomic E-state index is 12.9. The van der Waals surface area contributed by atoms with Gasteiger partial charge < -0.3 is 10.6 Å². The maximum atomic E-state index is 12.9. The van der Waals surface area contributed by atoms with E-state index in [0.717, 1.165) is 12.5 Å². The first-order valence-corrected chi connectivity index (χ1v) is 6.95. The molecule has 0 radical (unpaired) electrons. The lowest BCUT2D eigenvalue weighted by Gasteiger charge is -2.13. The van der Waals surface area contributed by atoms with Gasteiger partial charge in [0.15, 0.2) is 0 Å².